The molecule has 2 aromatic heterocycles. The van der Waals surface area contributed by atoms with E-state index in [1.54, 1.807) is 12.1 Å². The van der Waals surface area contributed by atoms with Gasteiger partial charge in [-0.05, 0) is 25.1 Å². The molecule has 0 saturated heterocycles. The number of halogens is 1. The highest BCUT2D eigenvalue weighted by atomic mass is 35.5. The number of hydrogen-bond donors (Lipinski definition) is 1. The molecule has 7 nitrogen and oxygen atoms in total. The molecule has 1 N–H and O–H groups in total. The van der Waals surface area contributed by atoms with E-state index in [4.69, 9.17) is 20.4 Å². The first-order valence-electron chi connectivity index (χ1n) is 7.93. The van der Waals surface area contributed by atoms with Crippen LogP contribution in [-0.2, 0) is 9.53 Å². The maximum absolute atomic E-state index is 13.0. The van der Waals surface area contributed by atoms with Gasteiger partial charge in [0.15, 0.2) is 11.2 Å². The van der Waals surface area contributed by atoms with Crippen molar-refractivity contribution in [3.05, 3.63) is 73.1 Å². The van der Waals surface area contributed by atoms with Crippen LogP contribution in [0.25, 0.3) is 11.0 Å². The molecular weight excluding hydrogens is 376 g/mol. The van der Waals surface area contributed by atoms with Crippen molar-refractivity contribution < 1.29 is 23.5 Å². The SMILES string of the molecule is COC(=O)C[C@H](c1oc(C)cc(=O)c1O)c1coc2ccc(Cl)cc2c1=O. The smallest absolute Gasteiger partial charge is 0.306 e. The molecule has 1 atom stereocenters. The van der Waals surface area contributed by atoms with Crippen molar-refractivity contribution in [1.29, 1.82) is 0 Å². The van der Waals surface area contributed by atoms with Crippen LogP contribution in [0.1, 0.15) is 29.4 Å². The standard InChI is InChI=1S/C19H15ClO7/c1-9-5-14(21)18(24)19(27-9)11(7-16(22)25-2)13-8-26-15-4-3-10(20)6-12(15)17(13)23/h3-6,8,11,24H,7H2,1-2H3/t11-/m0/s1. The minimum absolute atomic E-state index is 0.0271. The quantitative estimate of drug-likeness (QED) is 0.682. The fourth-order valence-electron chi connectivity index (χ4n) is 2.81. The number of aromatic hydroxyl groups is 1. The van der Waals surface area contributed by atoms with Gasteiger partial charge < -0.3 is 18.7 Å². The summed E-state index contributed by atoms with van der Waals surface area (Å²) in [7, 11) is 1.19. The molecule has 0 fully saturated rings. The summed E-state index contributed by atoms with van der Waals surface area (Å²) in [5.41, 5.74) is -0.813. The molecule has 27 heavy (non-hydrogen) atoms. The Hall–Kier alpha value is -3.06. The Morgan fingerprint density at radius 3 is 2.74 bits per heavy atom. The molecule has 0 aliphatic heterocycles. The molecule has 3 aromatic rings. The van der Waals surface area contributed by atoms with Crippen LogP contribution in [0.5, 0.6) is 5.75 Å². The molecule has 0 unspecified atom stereocenters. The first kappa shape index (κ1) is 18.7. The van der Waals surface area contributed by atoms with E-state index in [1.165, 1.54) is 26.4 Å². The second-order valence-electron chi connectivity index (χ2n) is 5.93. The van der Waals surface area contributed by atoms with E-state index >= 15 is 0 Å². The van der Waals surface area contributed by atoms with Crippen molar-refractivity contribution in [3.63, 3.8) is 0 Å². The van der Waals surface area contributed by atoms with Crippen LogP contribution >= 0.6 is 11.6 Å². The van der Waals surface area contributed by atoms with Gasteiger partial charge in [-0.1, -0.05) is 11.6 Å². The van der Waals surface area contributed by atoms with Crippen molar-refractivity contribution >= 4 is 28.5 Å². The molecule has 8 heteroatoms. The second kappa shape index (κ2) is 7.28. The highest BCUT2D eigenvalue weighted by Crippen LogP contribution is 2.32. The minimum atomic E-state index is -1.08. The molecule has 0 radical (unpaired) electrons. The zero-order valence-electron chi connectivity index (χ0n) is 14.4. The molecule has 0 amide bonds. The van der Waals surface area contributed by atoms with Gasteiger partial charge in [0.1, 0.15) is 11.3 Å². The Kier molecular flexibility index (Phi) is 5.05. The van der Waals surface area contributed by atoms with E-state index in [-0.39, 0.29) is 28.9 Å². The van der Waals surface area contributed by atoms with Gasteiger partial charge in [0, 0.05) is 16.7 Å². The number of hydrogen-bond acceptors (Lipinski definition) is 7. The Morgan fingerprint density at radius 2 is 2.04 bits per heavy atom. The average Bonchev–Trinajstić information content (AvgIpc) is 2.64. The zero-order chi connectivity index (χ0) is 19.7. The van der Waals surface area contributed by atoms with Crippen molar-refractivity contribution in [1.82, 2.24) is 0 Å². The summed E-state index contributed by atoms with van der Waals surface area (Å²) in [5.74, 6) is -2.41. The van der Waals surface area contributed by atoms with Crippen LogP contribution in [0.3, 0.4) is 0 Å². The third-order valence-electron chi connectivity index (χ3n) is 4.12. The number of benzene rings is 1. The third kappa shape index (κ3) is 3.59. The Balaban J connectivity index is 2.28. The van der Waals surface area contributed by atoms with Crippen LogP contribution < -0.4 is 10.9 Å². The van der Waals surface area contributed by atoms with Gasteiger partial charge in [0.2, 0.25) is 11.2 Å². The lowest BCUT2D eigenvalue weighted by atomic mass is 9.92. The van der Waals surface area contributed by atoms with Crippen LogP contribution in [0.4, 0.5) is 0 Å². The predicted octanol–water partition coefficient (Wildman–Crippen LogP) is 3.11. The Morgan fingerprint density at radius 1 is 1.30 bits per heavy atom. The summed E-state index contributed by atoms with van der Waals surface area (Å²) in [5, 5.41) is 10.7. The molecule has 140 valence electrons. The van der Waals surface area contributed by atoms with Gasteiger partial charge in [-0.15, -0.1) is 0 Å². The van der Waals surface area contributed by atoms with E-state index in [2.05, 4.69) is 4.74 Å². The van der Waals surface area contributed by atoms with Crippen LogP contribution in [0, 0.1) is 6.92 Å². The van der Waals surface area contributed by atoms with Gasteiger partial charge in [-0.3, -0.25) is 14.4 Å². The van der Waals surface area contributed by atoms with Gasteiger partial charge in [0.05, 0.1) is 31.1 Å². The Bertz CT molecular complexity index is 1140. The maximum atomic E-state index is 13.0. The normalized spacial score (nSPS) is 12.1. The number of carbonyl (C=O) groups excluding carboxylic acids is 1. The summed E-state index contributed by atoms with van der Waals surface area (Å²) >= 11 is 5.96. The second-order valence-corrected chi connectivity index (χ2v) is 6.36. The molecule has 0 spiro atoms. The van der Waals surface area contributed by atoms with Crippen LogP contribution in [-0.4, -0.2) is 18.2 Å². The molecule has 2 heterocycles. The van der Waals surface area contributed by atoms with Gasteiger partial charge in [-0.2, -0.15) is 0 Å². The maximum Gasteiger partial charge on any atom is 0.306 e. The number of fused-ring (bicyclic) bond motifs is 1. The fraction of sp³-hybridized carbons (Fsp3) is 0.211. The number of esters is 1. The highest BCUT2D eigenvalue weighted by molar-refractivity contribution is 6.31. The summed E-state index contributed by atoms with van der Waals surface area (Å²) in [4.78, 5) is 36.8. The van der Waals surface area contributed by atoms with Crippen molar-refractivity contribution in [3.8, 4) is 5.75 Å². The van der Waals surface area contributed by atoms with E-state index < -0.39 is 28.5 Å². The molecule has 0 aliphatic rings. The van der Waals surface area contributed by atoms with Gasteiger partial charge in [-0.25, -0.2) is 0 Å². The number of methoxy groups -OCH3 is 1. The molecular formula is C19H15ClO7. The monoisotopic (exact) mass is 390 g/mol. The van der Waals surface area contributed by atoms with E-state index in [0.717, 1.165) is 6.07 Å². The van der Waals surface area contributed by atoms with E-state index in [0.29, 0.717) is 10.6 Å². The zero-order valence-corrected chi connectivity index (χ0v) is 15.2. The topological polar surface area (TPSA) is 107 Å². The van der Waals surface area contributed by atoms with Crippen molar-refractivity contribution in [2.45, 2.75) is 19.3 Å². The van der Waals surface area contributed by atoms with E-state index in [1.807, 2.05) is 0 Å². The lowest BCUT2D eigenvalue weighted by Gasteiger charge is -2.16. The number of ether oxygens (including phenoxy) is 1. The molecule has 3 rings (SSSR count). The van der Waals surface area contributed by atoms with E-state index in [9.17, 15) is 19.5 Å². The fourth-order valence-corrected chi connectivity index (χ4v) is 2.99. The summed E-state index contributed by atoms with van der Waals surface area (Å²) < 4.78 is 15.6. The number of rotatable bonds is 4. The highest BCUT2D eigenvalue weighted by Gasteiger charge is 2.29. The first-order valence-corrected chi connectivity index (χ1v) is 8.31. The molecule has 0 bridgehead atoms. The van der Waals surface area contributed by atoms with Crippen LogP contribution in [0.2, 0.25) is 5.02 Å². The lowest BCUT2D eigenvalue weighted by molar-refractivity contribution is -0.140. The lowest BCUT2D eigenvalue weighted by Crippen LogP contribution is -2.19. The molecule has 0 aliphatic carbocycles. The molecule has 0 saturated carbocycles. The number of aryl methyl sites for hydroxylation is 1. The summed E-state index contributed by atoms with van der Waals surface area (Å²) in [6.45, 7) is 1.52. The largest absolute Gasteiger partial charge is 0.502 e. The Labute approximate surface area is 157 Å². The molecule has 1 aromatic carbocycles. The van der Waals surface area contributed by atoms with Gasteiger partial charge in [0.25, 0.3) is 0 Å². The first-order chi connectivity index (χ1) is 12.8. The minimum Gasteiger partial charge on any atom is -0.502 e. The van der Waals surface area contributed by atoms with Crippen molar-refractivity contribution in [2.75, 3.05) is 7.11 Å². The summed E-state index contributed by atoms with van der Waals surface area (Å²) in [6.07, 6.45) is 0.835. The predicted molar refractivity (Wildman–Crippen MR) is 97.3 cm³/mol. The average molecular weight is 391 g/mol. The summed E-state index contributed by atoms with van der Waals surface area (Å²) in [6, 6.07) is 5.66. The van der Waals surface area contributed by atoms with Crippen molar-refractivity contribution in [2.24, 2.45) is 0 Å². The van der Waals surface area contributed by atoms with Gasteiger partial charge >= 0.3 is 5.97 Å². The number of carbonyl (C=O) groups is 1. The third-order valence-corrected chi connectivity index (χ3v) is 4.36. The van der Waals surface area contributed by atoms with Crippen LogP contribution in [0.15, 0.2) is 49.0 Å².